The highest BCUT2D eigenvalue weighted by atomic mass is 19.1. The zero-order chi connectivity index (χ0) is 21.8. The van der Waals surface area contributed by atoms with Crippen LogP contribution in [0.3, 0.4) is 0 Å². The van der Waals surface area contributed by atoms with E-state index < -0.39 is 0 Å². The first kappa shape index (κ1) is 21.0. The van der Waals surface area contributed by atoms with Crippen molar-refractivity contribution in [2.75, 3.05) is 6.54 Å². The summed E-state index contributed by atoms with van der Waals surface area (Å²) in [6.07, 6.45) is 3.13. The summed E-state index contributed by atoms with van der Waals surface area (Å²) in [5, 5.41) is 8.53. The fraction of sp³-hybridized carbons (Fsp3) is 0.455. The molecule has 1 aromatic carbocycles. The fourth-order valence-electron chi connectivity index (χ4n) is 3.88. The molecule has 31 heavy (non-hydrogen) atoms. The number of rotatable bonds is 7. The van der Waals surface area contributed by atoms with Gasteiger partial charge in [0.15, 0.2) is 12.4 Å². The first-order valence-electron chi connectivity index (χ1n) is 10.5. The van der Waals surface area contributed by atoms with Crippen LogP contribution in [-0.2, 0) is 17.9 Å². The number of hydrogen-bond donors (Lipinski definition) is 0. The maximum atomic E-state index is 13.0. The van der Waals surface area contributed by atoms with Crippen molar-refractivity contribution in [3.8, 4) is 5.75 Å². The molecule has 1 saturated heterocycles. The molecular weight excluding hydrogens is 401 g/mol. The quantitative estimate of drug-likeness (QED) is 0.571. The highest BCUT2D eigenvalue weighted by molar-refractivity contribution is 5.76. The molecule has 0 radical (unpaired) electrons. The number of aromatic nitrogens is 4. The Kier molecular flexibility index (Phi) is 6.29. The second kappa shape index (κ2) is 9.28. The molecule has 0 aliphatic carbocycles. The Morgan fingerprint density at radius 3 is 2.81 bits per heavy atom. The van der Waals surface area contributed by atoms with E-state index in [9.17, 15) is 9.18 Å². The molecule has 0 N–H and O–H groups in total. The molecule has 3 aromatic rings. The lowest BCUT2D eigenvalue weighted by molar-refractivity contribution is -0.135. The molecule has 0 spiro atoms. The number of nitrogens with zero attached hydrogens (tertiary/aromatic N) is 5. The number of piperidine rings is 1. The highest BCUT2D eigenvalue weighted by Gasteiger charge is 2.31. The molecule has 8 nitrogen and oxygen atoms in total. The molecule has 0 saturated carbocycles. The Balaban J connectivity index is 1.38. The van der Waals surface area contributed by atoms with Crippen molar-refractivity contribution in [1.29, 1.82) is 0 Å². The van der Waals surface area contributed by atoms with Crippen LogP contribution in [0.1, 0.15) is 54.8 Å². The lowest BCUT2D eigenvalue weighted by Gasteiger charge is -2.33. The third-order valence-electron chi connectivity index (χ3n) is 5.42. The van der Waals surface area contributed by atoms with Crippen molar-refractivity contribution in [2.24, 2.45) is 0 Å². The SMILES string of the molecule is Cc1cc(C)n(CCC(=O)N2CCCCC2c2noc(COc3ccc(F)cc3)n2)n1. The van der Waals surface area contributed by atoms with E-state index in [1.807, 2.05) is 29.5 Å². The van der Waals surface area contributed by atoms with E-state index in [0.29, 0.717) is 37.0 Å². The first-order valence-corrected chi connectivity index (χ1v) is 10.5. The van der Waals surface area contributed by atoms with Gasteiger partial charge in [0.1, 0.15) is 11.6 Å². The fourth-order valence-corrected chi connectivity index (χ4v) is 3.88. The van der Waals surface area contributed by atoms with Crippen LogP contribution in [-0.4, -0.2) is 37.3 Å². The third kappa shape index (κ3) is 5.10. The van der Waals surface area contributed by atoms with Crippen molar-refractivity contribution in [3.63, 3.8) is 0 Å². The number of likely N-dealkylation sites (tertiary alicyclic amines) is 1. The van der Waals surface area contributed by atoms with Gasteiger partial charge in [-0.2, -0.15) is 10.1 Å². The van der Waals surface area contributed by atoms with Gasteiger partial charge in [-0.25, -0.2) is 4.39 Å². The number of halogens is 1. The standard InChI is InChI=1S/C22H26FN5O3/c1-15-13-16(2)28(25-15)12-10-21(29)27-11-4-3-5-19(27)22-24-20(31-26-22)14-30-18-8-6-17(23)7-9-18/h6-9,13,19H,3-5,10-12,14H2,1-2H3. The molecule has 1 fully saturated rings. The molecule has 1 aliphatic heterocycles. The number of amides is 1. The topological polar surface area (TPSA) is 86.3 Å². The molecule has 1 atom stereocenters. The van der Waals surface area contributed by atoms with Crippen LogP contribution in [0.4, 0.5) is 4.39 Å². The second-order valence-electron chi connectivity index (χ2n) is 7.79. The van der Waals surface area contributed by atoms with Crippen molar-refractivity contribution in [3.05, 3.63) is 59.3 Å². The Hall–Kier alpha value is -3.23. The van der Waals surface area contributed by atoms with E-state index >= 15 is 0 Å². The summed E-state index contributed by atoms with van der Waals surface area (Å²) < 4.78 is 25.8. The van der Waals surface area contributed by atoms with Crippen molar-refractivity contribution >= 4 is 5.91 Å². The van der Waals surface area contributed by atoms with Crippen molar-refractivity contribution in [1.82, 2.24) is 24.8 Å². The molecule has 1 unspecified atom stereocenters. The van der Waals surface area contributed by atoms with Gasteiger partial charge in [-0.1, -0.05) is 5.16 Å². The Morgan fingerprint density at radius 1 is 1.26 bits per heavy atom. The minimum absolute atomic E-state index is 0.0613. The number of carbonyl (C=O) groups is 1. The van der Waals surface area contributed by atoms with Crippen LogP contribution in [0.5, 0.6) is 5.75 Å². The summed E-state index contributed by atoms with van der Waals surface area (Å²) in [6.45, 7) is 5.24. The molecule has 0 bridgehead atoms. The van der Waals surface area contributed by atoms with Gasteiger partial charge in [0, 0.05) is 25.2 Å². The third-order valence-corrected chi connectivity index (χ3v) is 5.42. The van der Waals surface area contributed by atoms with E-state index in [1.54, 1.807) is 0 Å². The van der Waals surface area contributed by atoms with E-state index in [-0.39, 0.29) is 24.4 Å². The monoisotopic (exact) mass is 427 g/mol. The number of carbonyl (C=O) groups excluding carboxylic acids is 1. The lowest BCUT2D eigenvalue weighted by Crippen LogP contribution is -2.39. The molecule has 9 heteroatoms. The smallest absolute Gasteiger partial charge is 0.264 e. The average Bonchev–Trinajstić information content (AvgIpc) is 3.37. The van der Waals surface area contributed by atoms with Gasteiger partial charge in [-0.15, -0.1) is 0 Å². The minimum atomic E-state index is -0.327. The van der Waals surface area contributed by atoms with Crippen LogP contribution in [0, 0.1) is 19.7 Å². The number of benzene rings is 1. The van der Waals surface area contributed by atoms with E-state index in [1.165, 1.54) is 24.3 Å². The summed E-state index contributed by atoms with van der Waals surface area (Å²) in [6, 6.07) is 7.53. The van der Waals surface area contributed by atoms with Gasteiger partial charge in [0.2, 0.25) is 5.91 Å². The maximum Gasteiger partial charge on any atom is 0.264 e. The molecular formula is C22H26FN5O3. The number of ether oxygens (including phenoxy) is 1. The van der Waals surface area contributed by atoms with E-state index in [4.69, 9.17) is 9.26 Å². The van der Waals surface area contributed by atoms with Crippen LogP contribution >= 0.6 is 0 Å². The molecule has 2 aromatic heterocycles. The van der Waals surface area contributed by atoms with Crippen LogP contribution in [0.2, 0.25) is 0 Å². The lowest BCUT2D eigenvalue weighted by atomic mass is 10.0. The van der Waals surface area contributed by atoms with Gasteiger partial charge in [0.25, 0.3) is 5.89 Å². The van der Waals surface area contributed by atoms with Gasteiger partial charge < -0.3 is 14.2 Å². The van der Waals surface area contributed by atoms with Crippen LogP contribution < -0.4 is 4.74 Å². The molecule has 4 rings (SSSR count). The summed E-state index contributed by atoms with van der Waals surface area (Å²) in [4.78, 5) is 19.3. The predicted octanol–water partition coefficient (Wildman–Crippen LogP) is 3.74. The first-order chi connectivity index (χ1) is 15.0. The molecule has 164 valence electrons. The average molecular weight is 427 g/mol. The summed E-state index contributed by atoms with van der Waals surface area (Å²) in [5.74, 6) is 1.06. The molecule has 1 amide bonds. The summed E-state index contributed by atoms with van der Waals surface area (Å²) >= 11 is 0. The summed E-state index contributed by atoms with van der Waals surface area (Å²) in [5.41, 5.74) is 1.99. The van der Waals surface area contributed by atoms with Crippen molar-refractivity contribution < 1.29 is 18.4 Å². The zero-order valence-electron chi connectivity index (χ0n) is 17.8. The molecule has 3 heterocycles. The Labute approximate surface area is 180 Å². The van der Waals surface area contributed by atoms with Gasteiger partial charge in [-0.3, -0.25) is 9.48 Å². The highest BCUT2D eigenvalue weighted by Crippen LogP contribution is 2.30. The minimum Gasteiger partial charge on any atom is -0.484 e. The van der Waals surface area contributed by atoms with Crippen LogP contribution in [0.15, 0.2) is 34.9 Å². The number of aryl methyl sites for hydroxylation is 3. The van der Waals surface area contributed by atoms with Crippen LogP contribution in [0.25, 0.3) is 0 Å². The van der Waals surface area contributed by atoms with E-state index in [0.717, 1.165) is 30.7 Å². The van der Waals surface area contributed by atoms with Crippen molar-refractivity contribution in [2.45, 2.75) is 58.7 Å². The van der Waals surface area contributed by atoms with Gasteiger partial charge in [-0.05, 0) is 63.4 Å². The van der Waals surface area contributed by atoms with Gasteiger partial charge in [0.05, 0.1) is 11.7 Å². The second-order valence-corrected chi connectivity index (χ2v) is 7.79. The maximum absolute atomic E-state index is 13.0. The Morgan fingerprint density at radius 2 is 2.06 bits per heavy atom. The molecule has 1 aliphatic rings. The number of hydrogen-bond acceptors (Lipinski definition) is 6. The normalized spacial score (nSPS) is 16.5. The van der Waals surface area contributed by atoms with Gasteiger partial charge >= 0.3 is 0 Å². The predicted molar refractivity (Wildman–Crippen MR) is 110 cm³/mol. The van der Waals surface area contributed by atoms with E-state index in [2.05, 4.69) is 15.2 Å². The largest absolute Gasteiger partial charge is 0.484 e. The summed E-state index contributed by atoms with van der Waals surface area (Å²) in [7, 11) is 0. The zero-order valence-corrected chi connectivity index (χ0v) is 17.8. The Bertz CT molecular complexity index is 1030.